The molecule has 0 unspecified atom stereocenters. The van der Waals surface area contributed by atoms with Crippen LogP contribution in [0.3, 0.4) is 0 Å². The number of benzene rings is 2. The highest BCUT2D eigenvalue weighted by atomic mass is 19.4. The first-order valence-corrected chi connectivity index (χ1v) is 14.2. The van der Waals surface area contributed by atoms with E-state index in [0.717, 1.165) is 54.0 Å². The van der Waals surface area contributed by atoms with Crippen LogP contribution in [-0.2, 0) is 43.9 Å². The number of anilines is 2. The fourth-order valence-corrected chi connectivity index (χ4v) is 6.56. The zero-order chi connectivity index (χ0) is 29.6. The summed E-state index contributed by atoms with van der Waals surface area (Å²) in [5.74, 6) is 0.725. The Labute approximate surface area is 239 Å². The number of rotatable bonds is 6. The zero-order valence-electron chi connectivity index (χ0n) is 23.2. The molecule has 0 bridgehead atoms. The van der Waals surface area contributed by atoms with Gasteiger partial charge in [-0.05, 0) is 89.4 Å². The van der Waals surface area contributed by atoms with Crippen molar-refractivity contribution in [3.8, 4) is 0 Å². The Kier molecular flexibility index (Phi) is 7.57. The van der Waals surface area contributed by atoms with Crippen LogP contribution in [-0.4, -0.2) is 33.3 Å². The summed E-state index contributed by atoms with van der Waals surface area (Å²) in [4.78, 5) is 5.33. The number of ether oxygens (including phenoxy) is 1. The summed E-state index contributed by atoms with van der Waals surface area (Å²) in [7, 11) is 1.56. The Morgan fingerprint density at radius 3 is 2.17 bits per heavy atom. The molecule has 7 nitrogen and oxygen atoms in total. The van der Waals surface area contributed by atoms with Crippen LogP contribution in [0.1, 0.15) is 77.9 Å². The van der Waals surface area contributed by atoms with E-state index in [0.29, 0.717) is 25.6 Å². The van der Waals surface area contributed by atoms with E-state index in [1.54, 1.807) is 11.9 Å². The monoisotopic (exact) mass is 594 g/mol. The molecule has 3 aromatic rings. The van der Waals surface area contributed by atoms with Crippen LogP contribution in [0, 0.1) is 5.92 Å². The standard InChI is InChI=1S/C29H32F6N6O/c1-39-37-27(36-38-39)41(15-19-9-22(28(30,31)32)13-23(10-19)29(33,34)35)25-7-4-8-40(14-18-5-2-3-6-18)26-12-21-17-42-16-20(21)11-24(25)26/h9-13,18,25H,2-8,14-17H2,1H3/t25-/m0/s1. The molecular formula is C29H32F6N6O. The second-order valence-corrected chi connectivity index (χ2v) is 11.5. The number of halogens is 6. The first-order chi connectivity index (χ1) is 20.0. The van der Waals surface area contributed by atoms with Crippen molar-refractivity contribution in [2.45, 2.75) is 76.7 Å². The van der Waals surface area contributed by atoms with Crippen molar-refractivity contribution in [1.29, 1.82) is 0 Å². The van der Waals surface area contributed by atoms with Crippen LogP contribution in [0.25, 0.3) is 0 Å². The summed E-state index contributed by atoms with van der Waals surface area (Å²) in [6.45, 7) is 2.39. The highest BCUT2D eigenvalue weighted by Gasteiger charge is 2.38. The first kappa shape index (κ1) is 28.8. The highest BCUT2D eigenvalue weighted by Crippen LogP contribution is 2.43. The topological polar surface area (TPSA) is 59.3 Å². The smallest absolute Gasteiger partial charge is 0.372 e. The van der Waals surface area contributed by atoms with E-state index in [4.69, 9.17) is 4.74 Å². The van der Waals surface area contributed by atoms with Crippen LogP contribution in [0.2, 0.25) is 0 Å². The van der Waals surface area contributed by atoms with Crippen molar-refractivity contribution in [2.24, 2.45) is 13.0 Å². The summed E-state index contributed by atoms with van der Waals surface area (Å²) in [6.07, 6.45) is -3.71. The maximum atomic E-state index is 13.7. The molecule has 0 saturated heterocycles. The van der Waals surface area contributed by atoms with E-state index in [1.165, 1.54) is 30.5 Å². The van der Waals surface area contributed by atoms with Gasteiger partial charge in [-0.1, -0.05) is 17.9 Å². The lowest BCUT2D eigenvalue weighted by atomic mass is 9.94. The number of nitrogens with zero attached hydrogens (tertiary/aromatic N) is 6. The molecule has 226 valence electrons. The maximum absolute atomic E-state index is 13.7. The van der Waals surface area contributed by atoms with E-state index in [1.807, 2.05) is 0 Å². The van der Waals surface area contributed by atoms with Gasteiger partial charge in [0.2, 0.25) is 0 Å². The average molecular weight is 595 g/mol. The number of fused-ring (bicyclic) bond motifs is 2. The summed E-state index contributed by atoms with van der Waals surface area (Å²) < 4.78 is 88.0. The summed E-state index contributed by atoms with van der Waals surface area (Å²) in [5, 5.41) is 12.4. The van der Waals surface area contributed by atoms with Crippen molar-refractivity contribution in [1.82, 2.24) is 20.2 Å². The number of alkyl halides is 6. The molecule has 0 amide bonds. The predicted molar refractivity (Wildman–Crippen MR) is 143 cm³/mol. The second kappa shape index (κ2) is 11.1. The summed E-state index contributed by atoms with van der Waals surface area (Å²) in [5.41, 5.74) is 1.28. The average Bonchev–Trinajstić information content (AvgIpc) is 3.68. The minimum Gasteiger partial charge on any atom is -0.372 e. The van der Waals surface area contributed by atoms with E-state index in [9.17, 15) is 26.3 Å². The van der Waals surface area contributed by atoms with Crippen molar-refractivity contribution < 1.29 is 31.1 Å². The second-order valence-electron chi connectivity index (χ2n) is 11.5. The predicted octanol–water partition coefficient (Wildman–Crippen LogP) is 6.82. The molecule has 1 saturated carbocycles. The lowest BCUT2D eigenvalue weighted by Gasteiger charge is -2.33. The van der Waals surface area contributed by atoms with Gasteiger partial charge in [-0.3, -0.25) is 0 Å². The fraction of sp³-hybridized carbons (Fsp3) is 0.552. The number of tetrazole rings is 1. The number of hydrogen-bond donors (Lipinski definition) is 0. The zero-order valence-corrected chi connectivity index (χ0v) is 23.2. The molecule has 3 aliphatic rings. The van der Waals surface area contributed by atoms with Crippen LogP contribution in [0.4, 0.5) is 38.0 Å². The van der Waals surface area contributed by atoms with Gasteiger partial charge in [0.1, 0.15) is 0 Å². The molecule has 6 rings (SSSR count). The van der Waals surface area contributed by atoms with Crippen molar-refractivity contribution in [3.05, 3.63) is 63.7 Å². The fourth-order valence-electron chi connectivity index (χ4n) is 6.56. The van der Waals surface area contributed by atoms with Gasteiger partial charge in [-0.15, -0.1) is 5.10 Å². The van der Waals surface area contributed by atoms with E-state index >= 15 is 0 Å². The largest absolute Gasteiger partial charge is 0.416 e. The Morgan fingerprint density at radius 2 is 1.55 bits per heavy atom. The maximum Gasteiger partial charge on any atom is 0.416 e. The van der Waals surface area contributed by atoms with Gasteiger partial charge < -0.3 is 14.5 Å². The van der Waals surface area contributed by atoms with Gasteiger partial charge in [-0.2, -0.15) is 31.1 Å². The van der Waals surface area contributed by atoms with Gasteiger partial charge in [0.15, 0.2) is 0 Å². The van der Waals surface area contributed by atoms with Gasteiger partial charge in [0, 0.05) is 25.3 Å². The Morgan fingerprint density at radius 1 is 0.881 bits per heavy atom. The van der Waals surface area contributed by atoms with Crippen molar-refractivity contribution in [3.63, 3.8) is 0 Å². The van der Waals surface area contributed by atoms with E-state index in [2.05, 4.69) is 32.4 Å². The minimum absolute atomic E-state index is 0.136. The third kappa shape index (κ3) is 5.93. The molecule has 0 N–H and O–H groups in total. The lowest BCUT2D eigenvalue weighted by molar-refractivity contribution is -0.143. The molecule has 0 spiro atoms. The quantitative estimate of drug-likeness (QED) is 0.292. The Bertz CT molecular complexity index is 1400. The van der Waals surface area contributed by atoms with Crippen molar-refractivity contribution in [2.75, 3.05) is 22.9 Å². The van der Waals surface area contributed by atoms with Crippen LogP contribution in [0.15, 0.2) is 30.3 Å². The Balaban J connectivity index is 1.44. The van der Waals surface area contributed by atoms with Crippen molar-refractivity contribution >= 4 is 11.6 Å². The third-order valence-electron chi connectivity index (χ3n) is 8.55. The molecule has 42 heavy (non-hydrogen) atoms. The van der Waals surface area contributed by atoms with Crippen LogP contribution in [0.5, 0.6) is 0 Å². The molecule has 2 aliphatic heterocycles. The molecular weight excluding hydrogens is 562 g/mol. The minimum atomic E-state index is -4.94. The molecule has 3 heterocycles. The number of aromatic nitrogens is 4. The summed E-state index contributed by atoms with van der Waals surface area (Å²) in [6, 6.07) is 5.54. The van der Waals surface area contributed by atoms with Gasteiger partial charge in [0.25, 0.3) is 5.95 Å². The van der Waals surface area contributed by atoms with Crippen LogP contribution >= 0.6 is 0 Å². The first-order valence-electron chi connectivity index (χ1n) is 14.2. The molecule has 1 atom stereocenters. The highest BCUT2D eigenvalue weighted by molar-refractivity contribution is 5.62. The van der Waals surface area contributed by atoms with Gasteiger partial charge in [-0.25, -0.2) is 0 Å². The normalized spacial score (nSPS) is 19.6. The lowest BCUT2D eigenvalue weighted by Crippen LogP contribution is -2.31. The molecule has 1 aromatic heterocycles. The number of hydrogen-bond acceptors (Lipinski definition) is 6. The molecule has 2 aromatic carbocycles. The molecule has 0 radical (unpaired) electrons. The molecule has 13 heteroatoms. The van der Waals surface area contributed by atoms with Gasteiger partial charge in [0.05, 0.1) is 37.4 Å². The number of aryl methyl sites for hydroxylation is 1. The van der Waals surface area contributed by atoms with Crippen LogP contribution < -0.4 is 9.80 Å². The van der Waals surface area contributed by atoms with Gasteiger partial charge >= 0.3 is 12.4 Å². The Hall–Kier alpha value is -3.35. The van der Waals surface area contributed by atoms with E-state index in [-0.39, 0.29) is 24.1 Å². The SMILES string of the molecule is Cn1nnc(N(Cc2cc(C(F)(F)F)cc(C(F)(F)F)c2)[C@H]2CCCN(CC3CCCC3)c3cc4c(cc32)COC4)n1. The molecule has 1 fully saturated rings. The summed E-state index contributed by atoms with van der Waals surface area (Å²) >= 11 is 0. The third-order valence-corrected chi connectivity index (χ3v) is 8.55. The molecule has 1 aliphatic carbocycles. The van der Waals surface area contributed by atoms with E-state index < -0.39 is 29.5 Å².